The molecule has 0 spiro atoms. The Balaban J connectivity index is 2.10. The van der Waals surface area contributed by atoms with Gasteiger partial charge in [-0.15, -0.1) is 0 Å². The van der Waals surface area contributed by atoms with E-state index in [1.54, 1.807) is 24.3 Å². The molecule has 0 saturated heterocycles. The van der Waals surface area contributed by atoms with Gasteiger partial charge in [-0.2, -0.15) is 0 Å². The summed E-state index contributed by atoms with van der Waals surface area (Å²) >= 11 is 0. The van der Waals surface area contributed by atoms with Crippen molar-refractivity contribution in [2.75, 3.05) is 5.32 Å². The predicted molar refractivity (Wildman–Crippen MR) is 92.6 cm³/mol. The van der Waals surface area contributed by atoms with Crippen LogP contribution in [-0.4, -0.2) is 11.8 Å². The number of benzene rings is 2. The number of nitrogens with one attached hydrogen (secondary N) is 2. The summed E-state index contributed by atoms with van der Waals surface area (Å²) in [6, 6.07) is 11.1. The molecule has 0 bridgehead atoms. The van der Waals surface area contributed by atoms with E-state index in [2.05, 4.69) is 43.5 Å². The lowest BCUT2D eigenvalue weighted by Gasteiger charge is -2.13. The summed E-state index contributed by atoms with van der Waals surface area (Å²) < 4.78 is 0. The Labute approximate surface area is 136 Å². The Morgan fingerprint density at radius 3 is 2.26 bits per heavy atom. The highest BCUT2D eigenvalue weighted by atomic mass is 16.2. The third kappa shape index (κ3) is 4.42. The Bertz CT molecular complexity index is 728. The maximum atomic E-state index is 12.3. The zero-order valence-electron chi connectivity index (χ0n) is 14.0. The van der Waals surface area contributed by atoms with E-state index in [9.17, 15) is 9.59 Å². The van der Waals surface area contributed by atoms with Crippen LogP contribution in [0, 0.1) is 20.8 Å². The van der Waals surface area contributed by atoms with E-state index in [0.29, 0.717) is 17.8 Å². The van der Waals surface area contributed by atoms with E-state index >= 15 is 0 Å². The molecule has 2 rings (SSSR count). The number of amides is 2. The fraction of sp³-hybridized carbons (Fsp3) is 0.263. The molecule has 0 heterocycles. The molecule has 0 atom stereocenters. The van der Waals surface area contributed by atoms with Crippen LogP contribution < -0.4 is 10.6 Å². The molecule has 4 heteroatoms. The van der Waals surface area contributed by atoms with E-state index in [1.807, 2.05) is 0 Å². The summed E-state index contributed by atoms with van der Waals surface area (Å²) in [6.07, 6.45) is 0. The molecule has 2 amide bonds. The summed E-state index contributed by atoms with van der Waals surface area (Å²) in [6.45, 7) is 8.10. The van der Waals surface area contributed by atoms with Gasteiger partial charge in [0.25, 0.3) is 5.91 Å². The van der Waals surface area contributed by atoms with Crippen LogP contribution in [0.4, 0.5) is 5.69 Å². The van der Waals surface area contributed by atoms with Gasteiger partial charge in [0.05, 0.1) is 0 Å². The van der Waals surface area contributed by atoms with Crippen LogP contribution in [0.2, 0.25) is 0 Å². The SMILES string of the molecule is CC(=O)Nc1cccc(C(=O)NCc2c(C)cc(C)cc2C)c1. The van der Waals surface area contributed by atoms with Crippen molar-refractivity contribution < 1.29 is 9.59 Å². The monoisotopic (exact) mass is 310 g/mol. The van der Waals surface area contributed by atoms with Crippen molar-refractivity contribution in [3.05, 3.63) is 64.2 Å². The van der Waals surface area contributed by atoms with Gasteiger partial charge in [0.15, 0.2) is 0 Å². The van der Waals surface area contributed by atoms with Gasteiger partial charge < -0.3 is 10.6 Å². The summed E-state index contributed by atoms with van der Waals surface area (Å²) in [5.41, 5.74) is 5.86. The minimum absolute atomic E-state index is 0.156. The summed E-state index contributed by atoms with van der Waals surface area (Å²) in [5.74, 6) is -0.315. The molecule has 0 aliphatic carbocycles. The van der Waals surface area contributed by atoms with Gasteiger partial charge in [-0.3, -0.25) is 9.59 Å². The zero-order valence-corrected chi connectivity index (χ0v) is 14.0. The van der Waals surface area contributed by atoms with Gasteiger partial charge in [-0.1, -0.05) is 23.8 Å². The second kappa shape index (κ2) is 7.09. The number of aryl methyl sites for hydroxylation is 3. The van der Waals surface area contributed by atoms with Crippen LogP contribution >= 0.6 is 0 Å². The number of hydrogen-bond donors (Lipinski definition) is 2. The number of hydrogen-bond acceptors (Lipinski definition) is 2. The molecule has 2 aromatic rings. The lowest BCUT2D eigenvalue weighted by molar-refractivity contribution is -0.114. The van der Waals surface area contributed by atoms with Crippen molar-refractivity contribution in [3.63, 3.8) is 0 Å². The third-order valence-electron chi connectivity index (χ3n) is 3.71. The molecule has 2 aromatic carbocycles. The number of rotatable bonds is 4. The predicted octanol–water partition coefficient (Wildman–Crippen LogP) is 3.50. The van der Waals surface area contributed by atoms with Crippen molar-refractivity contribution in [3.8, 4) is 0 Å². The molecule has 0 saturated carbocycles. The minimum Gasteiger partial charge on any atom is -0.348 e. The van der Waals surface area contributed by atoms with Gasteiger partial charge in [0, 0.05) is 24.7 Å². The summed E-state index contributed by atoms with van der Waals surface area (Å²) in [7, 11) is 0. The Morgan fingerprint density at radius 1 is 1.00 bits per heavy atom. The molecule has 0 aliphatic rings. The fourth-order valence-corrected chi connectivity index (χ4v) is 2.70. The Hall–Kier alpha value is -2.62. The first kappa shape index (κ1) is 16.7. The van der Waals surface area contributed by atoms with Crippen molar-refractivity contribution in [2.45, 2.75) is 34.2 Å². The molecule has 0 aromatic heterocycles. The van der Waals surface area contributed by atoms with Crippen LogP contribution in [-0.2, 0) is 11.3 Å². The first-order valence-corrected chi connectivity index (χ1v) is 7.59. The quantitative estimate of drug-likeness (QED) is 0.908. The molecular weight excluding hydrogens is 288 g/mol. The molecular formula is C19H22N2O2. The van der Waals surface area contributed by atoms with E-state index in [4.69, 9.17) is 0 Å². The van der Waals surface area contributed by atoms with Crippen molar-refractivity contribution >= 4 is 17.5 Å². The lowest BCUT2D eigenvalue weighted by atomic mass is 10.00. The van der Waals surface area contributed by atoms with E-state index in [0.717, 1.165) is 5.56 Å². The van der Waals surface area contributed by atoms with Gasteiger partial charge in [-0.05, 0) is 55.7 Å². The highest BCUT2D eigenvalue weighted by Gasteiger charge is 2.09. The molecule has 0 unspecified atom stereocenters. The van der Waals surface area contributed by atoms with Crippen molar-refractivity contribution in [1.29, 1.82) is 0 Å². The largest absolute Gasteiger partial charge is 0.348 e. The van der Waals surface area contributed by atoms with Crippen LogP contribution in [0.1, 0.15) is 39.5 Å². The van der Waals surface area contributed by atoms with Crippen LogP contribution in [0.25, 0.3) is 0 Å². The van der Waals surface area contributed by atoms with Crippen molar-refractivity contribution in [1.82, 2.24) is 5.32 Å². The molecule has 0 aliphatic heterocycles. The van der Waals surface area contributed by atoms with Gasteiger partial charge in [0.2, 0.25) is 5.91 Å². The maximum Gasteiger partial charge on any atom is 0.251 e. The number of anilines is 1. The van der Waals surface area contributed by atoms with Crippen LogP contribution in [0.3, 0.4) is 0 Å². The second-order valence-electron chi connectivity index (χ2n) is 5.82. The summed E-state index contributed by atoms with van der Waals surface area (Å²) in [5, 5.41) is 5.62. The van der Waals surface area contributed by atoms with Gasteiger partial charge in [0.1, 0.15) is 0 Å². The van der Waals surface area contributed by atoms with Crippen molar-refractivity contribution in [2.24, 2.45) is 0 Å². The second-order valence-corrected chi connectivity index (χ2v) is 5.82. The normalized spacial score (nSPS) is 10.3. The Kier molecular flexibility index (Phi) is 5.16. The summed E-state index contributed by atoms with van der Waals surface area (Å²) in [4.78, 5) is 23.4. The molecule has 120 valence electrons. The first-order valence-electron chi connectivity index (χ1n) is 7.59. The lowest BCUT2D eigenvalue weighted by Crippen LogP contribution is -2.24. The van der Waals surface area contributed by atoms with E-state index in [-0.39, 0.29) is 11.8 Å². The topological polar surface area (TPSA) is 58.2 Å². The third-order valence-corrected chi connectivity index (χ3v) is 3.71. The van der Waals surface area contributed by atoms with Crippen LogP contribution in [0.15, 0.2) is 36.4 Å². The van der Waals surface area contributed by atoms with Crippen LogP contribution in [0.5, 0.6) is 0 Å². The standard InChI is InChI=1S/C19H22N2O2/c1-12-8-13(2)18(14(3)9-12)11-20-19(23)16-6-5-7-17(10-16)21-15(4)22/h5-10H,11H2,1-4H3,(H,20,23)(H,21,22). The molecule has 2 N–H and O–H groups in total. The average Bonchev–Trinajstić information content (AvgIpc) is 2.45. The number of carbonyl (C=O) groups excluding carboxylic acids is 2. The first-order chi connectivity index (χ1) is 10.9. The highest BCUT2D eigenvalue weighted by molar-refractivity contribution is 5.96. The molecule has 23 heavy (non-hydrogen) atoms. The smallest absolute Gasteiger partial charge is 0.251 e. The molecule has 0 fully saturated rings. The average molecular weight is 310 g/mol. The zero-order chi connectivity index (χ0) is 17.0. The number of carbonyl (C=O) groups is 2. The van der Waals surface area contributed by atoms with Gasteiger partial charge in [-0.25, -0.2) is 0 Å². The molecule has 4 nitrogen and oxygen atoms in total. The van der Waals surface area contributed by atoms with E-state index in [1.165, 1.54) is 23.6 Å². The van der Waals surface area contributed by atoms with E-state index < -0.39 is 0 Å². The Morgan fingerprint density at radius 2 is 1.65 bits per heavy atom. The van der Waals surface area contributed by atoms with Gasteiger partial charge >= 0.3 is 0 Å². The maximum absolute atomic E-state index is 12.3. The highest BCUT2D eigenvalue weighted by Crippen LogP contribution is 2.16. The molecule has 0 radical (unpaired) electrons. The fourth-order valence-electron chi connectivity index (χ4n) is 2.70. The minimum atomic E-state index is -0.159.